The summed E-state index contributed by atoms with van der Waals surface area (Å²) in [6.07, 6.45) is 13.9. The number of nitrogens with zero attached hydrogens (tertiary/aromatic N) is 1. The van der Waals surface area contributed by atoms with Crippen molar-refractivity contribution in [3.05, 3.63) is 41.0 Å². The molecule has 3 rings (SSSR count). The van der Waals surface area contributed by atoms with Crippen molar-refractivity contribution in [2.45, 2.75) is 51.9 Å². The molecule has 0 saturated heterocycles. The molecule has 0 heterocycles. The van der Waals surface area contributed by atoms with Crippen molar-refractivity contribution in [1.29, 1.82) is 5.26 Å². The predicted molar refractivity (Wildman–Crippen MR) is 96.3 cm³/mol. The number of hydrogen-bond acceptors (Lipinski definition) is 1. The molecule has 2 heteroatoms. The van der Waals surface area contributed by atoms with Gasteiger partial charge in [-0.1, -0.05) is 18.2 Å². The molecule has 0 aromatic heterocycles. The molecule has 0 N–H and O–H groups in total. The van der Waals surface area contributed by atoms with Gasteiger partial charge in [-0.25, -0.2) is 0 Å². The summed E-state index contributed by atoms with van der Waals surface area (Å²) >= 11 is 0. The first kappa shape index (κ1) is 15.8. The van der Waals surface area contributed by atoms with Crippen molar-refractivity contribution in [1.82, 2.24) is 0 Å². The Bertz CT molecular complexity index is 603. The van der Waals surface area contributed by atoms with Crippen LogP contribution in [-0.4, -0.2) is 0 Å². The van der Waals surface area contributed by atoms with E-state index in [2.05, 4.69) is 40.5 Å². The van der Waals surface area contributed by atoms with Gasteiger partial charge in [-0.05, 0) is 92.1 Å². The molecule has 1 nitrogen and oxygen atoms in total. The van der Waals surface area contributed by atoms with Crippen molar-refractivity contribution in [3.8, 4) is 6.07 Å². The van der Waals surface area contributed by atoms with Crippen LogP contribution in [-0.2, 0) is 12.8 Å². The quantitative estimate of drug-likeness (QED) is 0.581. The summed E-state index contributed by atoms with van der Waals surface area (Å²) in [6, 6.07) is 6.52. The minimum atomic E-state index is 0.828. The van der Waals surface area contributed by atoms with E-state index in [0.717, 1.165) is 35.0 Å². The average molecular weight is 311 g/mol. The van der Waals surface area contributed by atoms with E-state index in [4.69, 9.17) is 0 Å². The number of nitriles is 1. The van der Waals surface area contributed by atoms with Crippen LogP contribution in [0.4, 0.5) is 0 Å². The van der Waals surface area contributed by atoms with Crippen LogP contribution in [0.3, 0.4) is 0 Å². The van der Waals surface area contributed by atoms with Gasteiger partial charge in [-0.2, -0.15) is 5.26 Å². The lowest BCUT2D eigenvalue weighted by Crippen LogP contribution is -2.28. The van der Waals surface area contributed by atoms with Crippen molar-refractivity contribution in [3.63, 3.8) is 0 Å². The van der Waals surface area contributed by atoms with E-state index in [1.54, 1.807) is 0 Å². The summed E-state index contributed by atoms with van der Waals surface area (Å²) in [5, 5.41) is 10.3. The Labute approximate surface area is 137 Å². The smallest absolute Gasteiger partial charge is 0.0998 e. The lowest BCUT2D eigenvalue weighted by atomic mass is 9.69. The SMILES string of the molecule is C/C=C/C1CCC(C2CCc3c(ccc(C#N)c3P)C2)CC1. The Balaban J connectivity index is 1.68. The Kier molecular flexibility index (Phi) is 5.00. The second kappa shape index (κ2) is 6.97. The number of rotatable bonds is 2. The summed E-state index contributed by atoms with van der Waals surface area (Å²) in [7, 11) is 2.80. The largest absolute Gasteiger partial charge is 0.192 e. The first-order valence-corrected chi connectivity index (χ1v) is 9.23. The fourth-order valence-corrected chi connectivity index (χ4v) is 4.98. The van der Waals surface area contributed by atoms with Crippen LogP contribution in [0.25, 0.3) is 0 Å². The zero-order valence-electron chi connectivity index (χ0n) is 13.5. The second-order valence-electron chi connectivity index (χ2n) is 6.98. The van der Waals surface area contributed by atoms with Gasteiger partial charge in [0.1, 0.15) is 0 Å². The van der Waals surface area contributed by atoms with Crippen LogP contribution in [0.5, 0.6) is 0 Å². The van der Waals surface area contributed by atoms with Crippen LogP contribution >= 0.6 is 9.24 Å². The first-order valence-electron chi connectivity index (χ1n) is 8.66. The Morgan fingerprint density at radius 2 is 1.91 bits per heavy atom. The van der Waals surface area contributed by atoms with E-state index in [0.29, 0.717) is 0 Å². The van der Waals surface area contributed by atoms with Gasteiger partial charge in [0.15, 0.2) is 0 Å². The third kappa shape index (κ3) is 3.13. The van der Waals surface area contributed by atoms with Gasteiger partial charge in [0.2, 0.25) is 0 Å². The fourth-order valence-electron chi connectivity index (χ4n) is 4.49. The number of hydrogen-bond donors (Lipinski definition) is 0. The monoisotopic (exact) mass is 311 g/mol. The zero-order valence-corrected chi connectivity index (χ0v) is 14.7. The summed E-state index contributed by atoms with van der Waals surface area (Å²) in [6.45, 7) is 2.14. The fraction of sp³-hybridized carbons (Fsp3) is 0.550. The first-order chi connectivity index (χ1) is 10.7. The third-order valence-electron chi connectivity index (χ3n) is 5.77. The summed E-state index contributed by atoms with van der Waals surface area (Å²) < 4.78 is 0. The Morgan fingerprint density at radius 3 is 2.59 bits per heavy atom. The number of benzene rings is 1. The van der Waals surface area contributed by atoms with E-state index in [1.807, 2.05) is 6.07 Å². The van der Waals surface area contributed by atoms with E-state index >= 15 is 0 Å². The molecule has 0 aliphatic heterocycles. The van der Waals surface area contributed by atoms with Crippen LogP contribution in [0.1, 0.15) is 55.7 Å². The second-order valence-corrected chi connectivity index (χ2v) is 7.56. The van der Waals surface area contributed by atoms with E-state index in [9.17, 15) is 5.26 Å². The normalized spacial score (nSPS) is 28.3. The van der Waals surface area contributed by atoms with E-state index in [-0.39, 0.29) is 0 Å². The molecule has 1 aromatic carbocycles. The van der Waals surface area contributed by atoms with Crippen LogP contribution in [0, 0.1) is 29.1 Å². The summed E-state index contributed by atoms with van der Waals surface area (Å²) in [5.41, 5.74) is 3.76. The van der Waals surface area contributed by atoms with Crippen LogP contribution in [0.2, 0.25) is 0 Å². The maximum absolute atomic E-state index is 9.18. The molecule has 2 unspecified atom stereocenters. The van der Waals surface area contributed by atoms with Gasteiger partial charge in [-0.3, -0.25) is 0 Å². The zero-order chi connectivity index (χ0) is 15.5. The van der Waals surface area contributed by atoms with Crippen molar-refractivity contribution >= 4 is 14.5 Å². The van der Waals surface area contributed by atoms with E-state index < -0.39 is 0 Å². The molecule has 0 radical (unpaired) electrons. The average Bonchev–Trinajstić information content (AvgIpc) is 2.56. The maximum atomic E-state index is 9.18. The van der Waals surface area contributed by atoms with Gasteiger partial charge >= 0.3 is 0 Å². The standard InChI is InChI=1S/C20H26NP/c1-2-3-14-4-6-15(7-5-14)16-10-11-19-17(12-16)8-9-18(13-21)20(19)22/h2-3,8-9,14-16H,4-7,10-12,22H2,1H3/b3-2+. The highest BCUT2D eigenvalue weighted by molar-refractivity contribution is 7.27. The van der Waals surface area contributed by atoms with E-state index in [1.165, 1.54) is 49.7 Å². The molecule has 116 valence electrons. The number of fused-ring (bicyclic) bond motifs is 1. The van der Waals surface area contributed by atoms with Crippen molar-refractivity contribution in [2.75, 3.05) is 0 Å². The summed E-state index contributed by atoms with van der Waals surface area (Å²) in [4.78, 5) is 0. The Hall–Kier alpha value is -1.12. The molecular formula is C20H26NP. The van der Waals surface area contributed by atoms with Gasteiger partial charge in [0, 0.05) is 0 Å². The van der Waals surface area contributed by atoms with Gasteiger partial charge in [0.25, 0.3) is 0 Å². The minimum Gasteiger partial charge on any atom is -0.192 e. The molecule has 0 amide bonds. The number of allylic oxidation sites excluding steroid dienone is 2. The lowest BCUT2D eigenvalue weighted by Gasteiger charge is -2.36. The topological polar surface area (TPSA) is 23.8 Å². The van der Waals surface area contributed by atoms with Crippen LogP contribution in [0.15, 0.2) is 24.3 Å². The Morgan fingerprint density at radius 1 is 1.14 bits per heavy atom. The highest BCUT2D eigenvalue weighted by atomic mass is 31.0. The predicted octanol–water partition coefficient (Wildman–Crippen LogP) is 4.55. The van der Waals surface area contributed by atoms with Gasteiger partial charge in [-0.15, -0.1) is 9.24 Å². The highest BCUT2D eigenvalue weighted by Gasteiger charge is 2.30. The maximum Gasteiger partial charge on any atom is 0.0998 e. The van der Waals surface area contributed by atoms with Crippen molar-refractivity contribution < 1.29 is 0 Å². The molecule has 1 fully saturated rings. The highest BCUT2D eigenvalue weighted by Crippen LogP contribution is 2.39. The molecule has 2 aliphatic rings. The lowest BCUT2D eigenvalue weighted by molar-refractivity contribution is 0.206. The van der Waals surface area contributed by atoms with Gasteiger partial charge < -0.3 is 0 Å². The van der Waals surface area contributed by atoms with Crippen LogP contribution < -0.4 is 5.30 Å². The molecule has 2 atom stereocenters. The molecule has 1 saturated carbocycles. The molecule has 0 bridgehead atoms. The summed E-state index contributed by atoms with van der Waals surface area (Å²) in [5.74, 6) is 2.60. The molecule has 22 heavy (non-hydrogen) atoms. The molecule has 0 spiro atoms. The molecule has 1 aromatic rings. The minimum absolute atomic E-state index is 0.828. The van der Waals surface area contributed by atoms with Gasteiger partial charge in [0.05, 0.1) is 11.6 Å². The molecule has 2 aliphatic carbocycles. The third-order valence-corrected chi connectivity index (χ3v) is 6.43. The molecular weight excluding hydrogens is 285 g/mol. The van der Waals surface area contributed by atoms with Crippen molar-refractivity contribution in [2.24, 2.45) is 17.8 Å².